The Morgan fingerprint density at radius 1 is 0.787 bits per heavy atom. The number of nitrogens with two attached hydrogens (primary N) is 1. The van der Waals surface area contributed by atoms with Gasteiger partial charge in [-0.2, -0.15) is 11.8 Å². The van der Waals surface area contributed by atoms with Gasteiger partial charge >= 0.3 is 11.9 Å². The predicted molar refractivity (Wildman–Crippen MR) is 187 cm³/mol. The number of carboxylic acids is 2. The minimum atomic E-state index is -1.23. The first-order valence-electron chi connectivity index (χ1n) is 15.8. The fraction of sp³-hybridized carbons (Fsp3) is 0.500. The highest BCUT2D eigenvalue weighted by molar-refractivity contribution is 8.00. The molecule has 0 aromatic rings. The molecule has 0 heterocycles. The number of aliphatic hydroxyl groups excluding tert-OH is 1. The van der Waals surface area contributed by atoms with Crippen molar-refractivity contribution in [3.63, 3.8) is 0 Å². The van der Waals surface area contributed by atoms with Crippen LogP contribution >= 0.6 is 11.8 Å². The van der Waals surface area contributed by atoms with Gasteiger partial charge in [0.1, 0.15) is 18.6 Å². The Kier molecular flexibility index (Phi) is 27.0. The minimum Gasteiger partial charge on any atom is -0.480 e. The molecule has 3 atom stereocenters. The zero-order valence-electron chi connectivity index (χ0n) is 27.2. The first-order chi connectivity index (χ1) is 22.6. The van der Waals surface area contributed by atoms with Crippen LogP contribution in [0.1, 0.15) is 64.7 Å². The van der Waals surface area contributed by atoms with Gasteiger partial charge in [-0.05, 0) is 44.9 Å². The van der Waals surface area contributed by atoms with Crippen molar-refractivity contribution in [2.24, 2.45) is 5.73 Å². The van der Waals surface area contributed by atoms with E-state index in [-0.39, 0.29) is 42.9 Å². The van der Waals surface area contributed by atoms with E-state index < -0.39 is 42.4 Å². The van der Waals surface area contributed by atoms with E-state index in [2.05, 4.69) is 34.2 Å². The standard InChI is InChI=1S/C34H52N4O8S/c1-2-3-4-15-18-27(19-16-13-11-9-7-5-6-8-10-12-14-17-20-30(40)36-23-24-39)47-26-29(33(44)37-25-32(42)43)38-31(41)22-21-28(35)34(45)46/h3-4,6-9,11-14,16,19,27-29,39H,2,5,10,15,17-18,20-26,35H2,1H3,(H,36,40)(H,37,44)(H,38,41)(H,42,43)(H,45,46)/b4-3-,8-6-,9-7-,13-11-,14-12-,19-16+. The molecule has 13 heteroatoms. The van der Waals surface area contributed by atoms with Crippen LogP contribution in [-0.2, 0) is 24.0 Å². The van der Waals surface area contributed by atoms with Crippen LogP contribution in [0, 0.1) is 0 Å². The van der Waals surface area contributed by atoms with Crippen molar-refractivity contribution in [3.8, 4) is 0 Å². The normalized spacial score (nSPS) is 14.0. The summed E-state index contributed by atoms with van der Waals surface area (Å²) in [5.74, 6) is -3.52. The van der Waals surface area contributed by atoms with Gasteiger partial charge in [-0.15, -0.1) is 0 Å². The van der Waals surface area contributed by atoms with Crippen LogP contribution < -0.4 is 21.7 Å². The number of thioether (sulfide) groups is 1. The Hall–Kier alpha value is -3.94. The maximum Gasteiger partial charge on any atom is 0.322 e. The van der Waals surface area contributed by atoms with E-state index >= 15 is 0 Å². The van der Waals surface area contributed by atoms with Gasteiger partial charge in [0.05, 0.1) is 6.61 Å². The molecule has 3 unspecified atom stereocenters. The molecule has 0 spiro atoms. The Morgan fingerprint density at radius 3 is 2.15 bits per heavy atom. The first-order valence-corrected chi connectivity index (χ1v) is 16.9. The van der Waals surface area contributed by atoms with Crippen LogP contribution in [0.25, 0.3) is 0 Å². The summed E-state index contributed by atoms with van der Waals surface area (Å²) < 4.78 is 0. The SMILES string of the molecule is CC/C=C\CCC(/C=C/C=C\C=C/C/C=C\C/C=C\CCC(=O)NCCO)SCC(NC(=O)CCC(N)C(=O)O)C(=O)NCC(=O)O. The van der Waals surface area contributed by atoms with E-state index in [0.29, 0.717) is 12.8 Å². The summed E-state index contributed by atoms with van der Waals surface area (Å²) in [6.07, 6.45) is 28.8. The lowest BCUT2D eigenvalue weighted by Crippen LogP contribution is -2.49. The molecule has 0 aliphatic heterocycles. The fourth-order valence-corrected chi connectivity index (χ4v) is 4.86. The zero-order chi connectivity index (χ0) is 35.1. The Bertz CT molecular complexity index is 1120. The topological polar surface area (TPSA) is 208 Å². The molecule has 0 aromatic carbocycles. The lowest BCUT2D eigenvalue weighted by molar-refractivity contribution is -0.139. The summed E-state index contributed by atoms with van der Waals surface area (Å²) in [5.41, 5.74) is 5.47. The van der Waals surface area contributed by atoms with Crippen LogP contribution in [0.5, 0.6) is 0 Å². The van der Waals surface area contributed by atoms with Crippen molar-refractivity contribution in [1.82, 2.24) is 16.0 Å². The molecule has 0 aliphatic carbocycles. The minimum absolute atomic E-state index is 0.00292. The van der Waals surface area contributed by atoms with Crippen molar-refractivity contribution in [1.29, 1.82) is 0 Å². The molecule has 12 nitrogen and oxygen atoms in total. The summed E-state index contributed by atoms with van der Waals surface area (Å²) in [6.45, 7) is 1.67. The van der Waals surface area contributed by atoms with Gasteiger partial charge in [0.25, 0.3) is 0 Å². The van der Waals surface area contributed by atoms with Gasteiger partial charge in [-0.25, -0.2) is 0 Å². The number of nitrogens with one attached hydrogen (secondary N) is 3. The monoisotopic (exact) mass is 676 g/mol. The Labute approximate surface area is 282 Å². The zero-order valence-corrected chi connectivity index (χ0v) is 28.0. The van der Waals surface area contributed by atoms with E-state index in [1.807, 2.05) is 61.6 Å². The number of hydrogen-bond donors (Lipinski definition) is 7. The van der Waals surface area contributed by atoms with Crippen LogP contribution in [0.15, 0.2) is 72.9 Å². The van der Waals surface area contributed by atoms with Crippen molar-refractivity contribution in [2.45, 2.75) is 82.0 Å². The average Bonchev–Trinajstić information content (AvgIpc) is 3.04. The van der Waals surface area contributed by atoms with Crippen LogP contribution in [0.2, 0.25) is 0 Å². The van der Waals surface area contributed by atoms with E-state index in [1.165, 1.54) is 11.8 Å². The number of carbonyl (C=O) groups excluding carboxylic acids is 3. The Balaban J connectivity index is 5.00. The molecule has 0 saturated carbocycles. The lowest BCUT2D eigenvalue weighted by Gasteiger charge is -2.20. The molecular formula is C34H52N4O8S. The molecule has 0 rings (SSSR count). The maximum atomic E-state index is 12.7. The molecule has 0 bridgehead atoms. The van der Waals surface area contributed by atoms with Gasteiger partial charge in [0.15, 0.2) is 0 Å². The number of rotatable bonds is 27. The van der Waals surface area contributed by atoms with Crippen molar-refractivity contribution < 1.29 is 39.3 Å². The maximum absolute atomic E-state index is 12.7. The second-order valence-corrected chi connectivity index (χ2v) is 11.5. The molecule has 0 aromatic heterocycles. The number of allylic oxidation sites excluding steroid dienone is 11. The van der Waals surface area contributed by atoms with Crippen LogP contribution in [0.3, 0.4) is 0 Å². The fourth-order valence-electron chi connectivity index (χ4n) is 3.68. The van der Waals surface area contributed by atoms with E-state index in [0.717, 1.165) is 32.1 Å². The number of amides is 3. The summed E-state index contributed by atoms with van der Waals surface area (Å²) in [4.78, 5) is 58.5. The van der Waals surface area contributed by atoms with Gasteiger partial charge in [-0.1, -0.05) is 79.8 Å². The number of carboxylic acid groups (broad SMARTS) is 2. The lowest BCUT2D eigenvalue weighted by atomic mass is 10.1. The second kappa shape index (κ2) is 29.5. The highest BCUT2D eigenvalue weighted by Crippen LogP contribution is 2.20. The molecule has 8 N–H and O–H groups in total. The molecule has 0 radical (unpaired) electrons. The van der Waals surface area contributed by atoms with E-state index in [4.69, 9.17) is 21.1 Å². The van der Waals surface area contributed by atoms with Gasteiger partial charge in [0, 0.05) is 30.4 Å². The van der Waals surface area contributed by atoms with E-state index in [1.54, 1.807) is 0 Å². The molecule has 0 aliphatic rings. The molecule has 262 valence electrons. The molecule has 0 saturated heterocycles. The third-order valence-corrected chi connectivity index (χ3v) is 7.55. The summed E-state index contributed by atoms with van der Waals surface area (Å²) in [7, 11) is 0. The molecular weight excluding hydrogens is 624 g/mol. The highest BCUT2D eigenvalue weighted by Gasteiger charge is 2.23. The third-order valence-electron chi connectivity index (χ3n) is 6.21. The summed E-state index contributed by atoms with van der Waals surface area (Å²) in [5, 5.41) is 34.1. The van der Waals surface area contributed by atoms with Crippen LogP contribution in [0.4, 0.5) is 0 Å². The number of aliphatic hydroxyl groups is 1. The van der Waals surface area contributed by atoms with Gasteiger partial charge in [-0.3, -0.25) is 24.0 Å². The van der Waals surface area contributed by atoms with Crippen LogP contribution in [-0.4, -0.2) is 87.8 Å². The second-order valence-electron chi connectivity index (χ2n) is 10.3. The highest BCUT2D eigenvalue weighted by atomic mass is 32.2. The van der Waals surface area contributed by atoms with Gasteiger partial charge in [0.2, 0.25) is 17.7 Å². The molecule has 47 heavy (non-hydrogen) atoms. The smallest absolute Gasteiger partial charge is 0.322 e. The number of aliphatic carboxylic acids is 2. The van der Waals surface area contributed by atoms with Gasteiger partial charge < -0.3 is 37.0 Å². The largest absolute Gasteiger partial charge is 0.480 e. The summed E-state index contributed by atoms with van der Waals surface area (Å²) in [6, 6.07) is -2.22. The van der Waals surface area contributed by atoms with Crippen molar-refractivity contribution in [2.75, 3.05) is 25.4 Å². The predicted octanol–water partition coefficient (Wildman–Crippen LogP) is 3.16. The molecule has 3 amide bonds. The van der Waals surface area contributed by atoms with E-state index in [9.17, 15) is 24.0 Å². The van der Waals surface area contributed by atoms with Crippen molar-refractivity contribution >= 4 is 41.4 Å². The molecule has 0 fully saturated rings. The quantitative estimate of drug-likeness (QED) is 0.0499. The number of hydrogen-bond acceptors (Lipinski definition) is 8. The average molecular weight is 677 g/mol. The van der Waals surface area contributed by atoms with Crippen molar-refractivity contribution in [3.05, 3.63) is 72.9 Å². The first kappa shape index (κ1) is 43.1. The summed E-state index contributed by atoms with van der Waals surface area (Å²) >= 11 is 1.45. The Morgan fingerprint density at radius 2 is 1.47 bits per heavy atom. The number of carbonyl (C=O) groups is 5. The third kappa shape index (κ3) is 26.9.